The van der Waals surface area contributed by atoms with Gasteiger partial charge in [0.1, 0.15) is 11.5 Å². The first-order valence-corrected chi connectivity index (χ1v) is 6.00. The van der Waals surface area contributed by atoms with Crippen molar-refractivity contribution >= 4 is 12.0 Å². The summed E-state index contributed by atoms with van der Waals surface area (Å²) in [5.74, 6) is -0.937. The number of carboxylic acid groups (broad SMARTS) is 1. The second-order valence-corrected chi connectivity index (χ2v) is 4.56. The Balaban J connectivity index is 2.01. The van der Waals surface area contributed by atoms with Crippen LogP contribution >= 0.6 is 0 Å². The third-order valence-electron chi connectivity index (χ3n) is 3.36. The molecule has 0 aliphatic carbocycles. The Bertz CT molecular complexity index is 405. The lowest BCUT2D eigenvalue weighted by Crippen LogP contribution is -2.97. The number of hydrogen-bond acceptors (Lipinski definition) is 2. The van der Waals surface area contributed by atoms with Gasteiger partial charge in [-0.15, -0.1) is 0 Å². The Morgan fingerprint density at radius 1 is 1.41 bits per heavy atom. The summed E-state index contributed by atoms with van der Waals surface area (Å²) < 4.78 is 0. The van der Waals surface area contributed by atoms with Crippen LogP contribution in [0.4, 0.5) is 0 Å². The molecule has 1 aliphatic heterocycles. The minimum absolute atomic E-state index is 0.532. The van der Waals surface area contributed by atoms with Crippen LogP contribution in [0.1, 0.15) is 24.8 Å². The minimum Gasteiger partial charge on any atom is -0.544 e. The first-order chi connectivity index (χ1) is 8.23. The monoisotopic (exact) mass is 231 g/mol. The molecule has 1 atom stereocenters. The second kappa shape index (κ2) is 5.15. The highest BCUT2D eigenvalue weighted by atomic mass is 16.4. The van der Waals surface area contributed by atoms with Gasteiger partial charge in [0.25, 0.3) is 0 Å². The molecule has 1 aliphatic rings. The topological polar surface area (TPSA) is 56.7 Å². The van der Waals surface area contributed by atoms with Crippen molar-refractivity contribution < 1.29 is 15.2 Å². The van der Waals surface area contributed by atoms with Gasteiger partial charge < -0.3 is 15.2 Å². The summed E-state index contributed by atoms with van der Waals surface area (Å²) in [5, 5.41) is 13.1. The van der Waals surface area contributed by atoms with Crippen LogP contribution in [0, 0.1) is 0 Å². The molecule has 2 rings (SSSR count). The van der Waals surface area contributed by atoms with Crippen LogP contribution in [-0.4, -0.2) is 18.1 Å². The Morgan fingerprint density at radius 3 is 2.76 bits per heavy atom. The number of rotatable bonds is 4. The maximum absolute atomic E-state index is 11.2. The Kier molecular flexibility index (Phi) is 3.59. The van der Waals surface area contributed by atoms with Gasteiger partial charge >= 0.3 is 0 Å². The van der Waals surface area contributed by atoms with Crippen molar-refractivity contribution in [3.8, 4) is 0 Å². The molecule has 3 heteroatoms. The molecule has 0 spiro atoms. The lowest BCUT2D eigenvalue weighted by atomic mass is 9.93. The standard InChI is InChI=1S/C14H17NO2/c16-13(17)14(10-5-11-15-14)9-4-8-12-6-2-1-3-7-12/h1-4,6-8,15H,5,9-11H2,(H,16,17)/b8-4+/t14-/m0/s1. The lowest BCUT2D eigenvalue weighted by molar-refractivity contribution is -0.700. The lowest BCUT2D eigenvalue weighted by Gasteiger charge is -2.25. The van der Waals surface area contributed by atoms with Crippen molar-refractivity contribution in [3.05, 3.63) is 42.0 Å². The molecule has 0 radical (unpaired) electrons. The van der Waals surface area contributed by atoms with E-state index < -0.39 is 11.5 Å². The van der Waals surface area contributed by atoms with Gasteiger partial charge in [-0.1, -0.05) is 42.5 Å². The van der Waals surface area contributed by atoms with Crippen molar-refractivity contribution in [1.82, 2.24) is 0 Å². The van der Waals surface area contributed by atoms with Crippen molar-refractivity contribution in [3.63, 3.8) is 0 Å². The Labute approximate surface area is 101 Å². The number of nitrogens with two attached hydrogens (primary N) is 1. The molecule has 90 valence electrons. The predicted molar refractivity (Wildman–Crippen MR) is 63.9 cm³/mol. The molecule has 0 amide bonds. The van der Waals surface area contributed by atoms with E-state index >= 15 is 0 Å². The average molecular weight is 231 g/mol. The smallest absolute Gasteiger partial charge is 0.140 e. The number of carbonyl (C=O) groups excluding carboxylic acids is 1. The fraction of sp³-hybridized carbons (Fsp3) is 0.357. The summed E-state index contributed by atoms with van der Waals surface area (Å²) in [7, 11) is 0. The highest BCUT2D eigenvalue weighted by molar-refractivity contribution is 5.75. The first-order valence-electron chi connectivity index (χ1n) is 6.00. The number of hydrogen-bond donors (Lipinski definition) is 1. The van der Waals surface area contributed by atoms with Crippen molar-refractivity contribution in [2.45, 2.75) is 24.8 Å². The zero-order valence-corrected chi connectivity index (χ0v) is 9.76. The van der Waals surface area contributed by atoms with Crippen LogP contribution in [0.15, 0.2) is 36.4 Å². The van der Waals surface area contributed by atoms with Crippen LogP contribution < -0.4 is 10.4 Å². The number of aliphatic carboxylic acids is 1. The molecule has 1 aromatic carbocycles. The first kappa shape index (κ1) is 11.9. The molecule has 0 saturated carbocycles. The van der Waals surface area contributed by atoms with Crippen molar-refractivity contribution in [2.24, 2.45) is 0 Å². The molecule has 2 N–H and O–H groups in total. The van der Waals surface area contributed by atoms with E-state index in [1.165, 1.54) is 0 Å². The normalized spacial score (nSPS) is 24.2. The second-order valence-electron chi connectivity index (χ2n) is 4.56. The largest absolute Gasteiger partial charge is 0.544 e. The summed E-state index contributed by atoms with van der Waals surface area (Å²) in [6.07, 6.45) is 6.09. The summed E-state index contributed by atoms with van der Waals surface area (Å²) in [4.78, 5) is 11.2. The van der Waals surface area contributed by atoms with Crippen molar-refractivity contribution in [2.75, 3.05) is 6.54 Å². The summed E-state index contributed by atoms with van der Waals surface area (Å²) in [6.45, 7) is 0.882. The van der Waals surface area contributed by atoms with Gasteiger partial charge in [0.2, 0.25) is 0 Å². The maximum atomic E-state index is 11.2. The van der Waals surface area contributed by atoms with Crippen LogP contribution in [0.3, 0.4) is 0 Å². The molecule has 1 heterocycles. The van der Waals surface area contributed by atoms with Gasteiger partial charge in [0.15, 0.2) is 0 Å². The Morgan fingerprint density at radius 2 is 2.18 bits per heavy atom. The highest BCUT2D eigenvalue weighted by Gasteiger charge is 2.38. The molecule has 17 heavy (non-hydrogen) atoms. The van der Waals surface area contributed by atoms with E-state index in [-0.39, 0.29) is 0 Å². The summed E-state index contributed by atoms with van der Waals surface area (Å²) >= 11 is 0. The highest BCUT2D eigenvalue weighted by Crippen LogP contribution is 2.17. The van der Waals surface area contributed by atoms with E-state index in [1.807, 2.05) is 47.8 Å². The van der Waals surface area contributed by atoms with Gasteiger partial charge in [-0.3, -0.25) is 0 Å². The zero-order chi connectivity index (χ0) is 12.1. The summed E-state index contributed by atoms with van der Waals surface area (Å²) in [5.41, 5.74) is 0.365. The molecular formula is C14H17NO2. The fourth-order valence-electron chi connectivity index (χ4n) is 2.32. The Hall–Kier alpha value is -1.61. The van der Waals surface area contributed by atoms with Gasteiger partial charge in [-0.05, 0) is 5.56 Å². The minimum atomic E-state index is -0.937. The SMILES string of the molecule is O=C([O-])[C@]1(C/C=C/c2ccccc2)CCC[NH2+]1. The van der Waals surface area contributed by atoms with Crippen LogP contribution in [0.25, 0.3) is 6.08 Å². The zero-order valence-electron chi connectivity index (χ0n) is 9.76. The van der Waals surface area contributed by atoms with Crippen LogP contribution in [0.2, 0.25) is 0 Å². The number of benzene rings is 1. The number of carbonyl (C=O) groups is 1. The third-order valence-corrected chi connectivity index (χ3v) is 3.36. The van der Waals surface area contributed by atoms with E-state index in [1.54, 1.807) is 0 Å². The van der Waals surface area contributed by atoms with Gasteiger partial charge in [0.05, 0.1) is 6.54 Å². The van der Waals surface area contributed by atoms with Gasteiger partial charge in [-0.2, -0.15) is 0 Å². The predicted octanol–water partition coefficient (Wildman–Crippen LogP) is -0.0642. The van der Waals surface area contributed by atoms with Gasteiger partial charge in [0, 0.05) is 19.3 Å². The van der Waals surface area contributed by atoms with Crippen molar-refractivity contribution in [1.29, 1.82) is 0 Å². The quantitative estimate of drug-likeness (QED) is 0.789. The average Bonchev–Trinajstić information content (AvgIpc) is 2.80. The maximum Gasteiger partial charge on any atom is 0.140 e. The molecule has 0 aromatic heterocycles. The van der Waals surface area contributed by atoms with E-state index in [2.05, 4.69) is 0 Å². The van der Waals surface area contributed by atoms with Crippen LogP contribution in [0.5, 0.6) is 0 Å². The molecule has 0 bridgehead atoms. The van der Waals surface area contributed by atoms with E-state index in [4.69, 9.17) is 0 Å². The molecular weight excluding hydrogens is 214 g/mol. The van der Waals surface area contributed by atoms with E-state index in [9.17, 15) is 9.90 Å². The van der Waals surface area contributed by atoms with E-state index in [0.717, 1.165) is 18.5 Å². The molecule has 1 saturated heterocycles. The molecule has 1 fully saturated rings. The third kappa shape index (κ3) is 2.74. The number of quaternary nitrogens is 1. The number of carboxylic acids is 1. The van der Waals surface area contributed by atoms with E-state index in [0.29, 0.717) is 12.8 Å². The van der Waals surface area contributed by atoms with Crippen LogP contribution in [-0.2, 0) is 4.79 Å². The molecule has 1 aromatic rings. The van der Waals surface area contributed by atoms with Gasteiger partial charge in [-0.25, -0.2) is 0 Å². The molecule has 0 unspecified atom stereocenters. The molecule has 3 nitrogen and oxygen atoms in total. The summed E-state index contributed by atoms with van der Waals surface area (Å²) in [6, 6.07) is 9.90. The fourth-order valence-corrected chi connectivity index (χ4v) is 2.32.